The second kappa shape index (κ2) is 4.98. The van der Waals surface area contributed by atoms with Crippen molar-refractivity contribution in [1.82, 2.24) is 10.3 Å². The highest BCUT2D eigenvalue weighted by Gasteiger charge is 2.14. The van der Waals surface area contributed by atoms with Gasteiger partial charge >= 0.3 is 0 Å². The summed E-state index contributed by atoms with van der Waals surface area (Å²) in [6, 6.07) is 1.17. The number of hydrogen-bond acceptors (Lipinski definition) is 3. The molecular weight excluding hydrogens is 242 g/mol. The van der Waals surface area contributed by atoms with Gasteiger partial charge in [0, 0.05) is 11.9 Å². The fourth-order valence-electron chi connectivity index (χ4n) is 1.11. The minimum atomic E-state index is -3.80. The van der Waals surface area contributed by atoms with E-state index in [-0.39, 0.29) is 10.6 Å². The van der Waals surface area contributed by atoms with Crippen LogP contribution >= 0.6 is 0 Å². The molecule has 0 atom stereocenters. The van der Waals surface area contributed by atoms with E-state index < -0.39 is 15.9 Å². The minimum Gasteiger partial charge on any atom is -0.356 e. The molecule has 0 aliphatic carbocycles. The lowest BCUT2D eigenvalue weighted by molar-refractivity contribution is 0.0962. The zero-order valence-electron chi connectivity index (χ0n) is 9.23. The lowest BCUT2D eigenvalue weighted by atomic mass is 10.3. The van der Waals surface area contributed by atoms with Crippen molar-refractivity contribution in [3.8, 4) is 0 Å². The van der Waals surface area contributed by atoms with E-state index in [4.69, 9.17) is 5.14 Å². The van der Waals surface area contributed by atoms with E-state index in [1.54, 1.807) is 13.0 Å². The van der Waals surface area contributed by atoms with Crippen LogP contribution < -0.4 is 10.5 Å². The summed E-state index contributed by atoms with van der Waals surface area (Å²) in [6.07, 6.45) is 4.29. The molecule has 0 spiro atoms. The molecule has 17 heavy (non-hydrogen) atoms. The standard InChI is InChI=1S/C10H13N3O3S/c1-3-7(4-2)13-10(14)9-5-8(6-12-9)17(11,15)16/h3-6,12H,1H2,2H3,(H,13,14)(H2,11,15,16)/b7-4+. The molecule has 0 saturated carbocycles. The molecule has 0 radical (unpaired) electrons. The number of nitrogens with two attached hydrogens (primary N) is 1. The summed E-state index contributed by atoms with van der Waals surface area (Å²) >= 11 is 0. The largest absolute Gasteiger partial charge is 0.356 e. The summed E-state index contributed by atoms with van der Waals surface area (Å²) in [7, 11) is -3.80. The average Bonchev–Trinajstić information content (AvgIpc) is 2.74. The van der Waals surface area contributed by atoms with Crippen LogP contribution in [0.15, 0.2) is 41.6 Å². The number of aromatic amines is 1. The Morgan fingerprint density at radius 3 is 2.65 bits per heavy atom. The third kappa shape index (κ3) is 3.30. The Labute approximate surface area is 99.3 Å². The highest BCUT2D eigenvalue weighted by molar-refractivity contribution is 7.89. The molecular formula is C10H13N3O3S. The second-order valence-electron chi connectivity index (χ2n) is 3.20. The Balaban J connectivity index is 2.92. The van der Waals surface area contributed by atoms with Gasteiger partial charge in [0.05, 0.1) is 4.90 Å². The number of carbonyl (C=O) groups excluding carboxylic acids is 1. The molecule has 0 aromatic carbocycles. The molecule has 0 bridgehead atoms. The molecule has 1 rings (SSSR count). The number of amides is 1. The van der Waals surface area contributed by atoms with E-state index in [2.05, 4.69) is 16.9 Å². The molecule has 92 valence electrons. The topological polar surface area (TPSA) is 105 Å². The van der Waals surface area contributed by atoms with Gasteiger partial charge < -0.3 is 10.3 Å². The number of rotatable bonds is 4. The van der Waals surface area contributed by atoms with Crippen LogP contribution in [0.25, 0.3) is 0 Å². The van der Waals surface area contributed by atoms with E-state index >= 15 is 0 Å². The van der Waals surface area contributed by atoms with Gasteiger partial charge in [-0.05, 0) is 19.1 Å². The molecule has 0 saturated heterocycles. The zero-order chi connectivity index (χ0) is 13.1. The van der Waals surface area contributed by atoms with Gasteiger partial charge in [0.1, 0.15) is 5.69 Å². The summed E-state index contributed by atoms with van der Waals surface area (Å²) in [5, 5.41) is 7.45. The first-order valence-corrected chi connectivity index (χ1v) is 6.24. The van der Waals surface area contributed by atoms with Gasteiger partial charge in [-0.15, -0.1) is 0 Å². The molecule has 0 aliphatic rings. The SMILES string of the molecule is C=C/C(=C\C)NC(=O)c1cc(S(N)(=O)=O)c[nH]1. The molecule has 1 heterocycles. The highest BCUT2D eigenvalue weighted by Crippen LogP contribution is 2.08. The number of primary sulfonamides is 1. The highest BCUT2D eigenvalue weighted by atomic mass is 32.2. The average molecular weight is 255 g/mol. The first kappa shape index (κ1) is 13.2. The molecule has 0 unspecified atom stereocenters. The number of aromatic nitrogens is 1. The van der Waals surface area contributed by atoms with Crippen molar-refractivity contribution < 1.29 is 13.2 Å². The summed E-state index contributed by atoms with van der Waals surface area (Å²) in [6.45, 7) is 5.25. The van der Waals surface area contributed by atoms with Crippen LogP contribution in [0.4, 0.5) is 0 Å². The third-order valence-electron chi connectivity index (χ3n) is 2.02. The second-order valence-corrected chi connectivity index (χ2v) is 4.76. The maximum atomic E-state index is 11.6. The molecule has 0 aliphatic heterocycles. The van der Waals surface area contributed by atoms with Crippen molar-refractivity contribution in [1.29, 1.82) is 0 Å². The van der Waals surface area contributed by atoms with Crippen LogP contribution in [0.2, 0.25) is 0 Å². The van der Waals surface area contributed by atoms with E-state index in [9.17, 15) is 13.2 Å². The summed E-state index contributed by atoms with van der Waals surface area (Å²) in [5.41, 5.74) is 0.636. The van der Waals surface area contributed by atoms with Gasteiger partial charge in [0.2, 0.25) is 10.0 Å². The predicted molar refractivity (Wildman–Crippen MR) is 63.6 cm³/mol. The smallest absolute Gasteiger partial charge is 0.272 e. The Kier molecular flexibility index (Phi) is 3.87. The molecule has 1 aromatic rings. The summed E-state index contributed by atoms with van der Waals surface area (Å²) in [4.78, 5) is 14.0. The zero-order valence-corrected chi connectivity index (χ0v) is 10.0. The molecule has 4 N–H and O–H groups in total. The van der Waals surface area contributed by atoms with Crippen LogP contribution in [-0.4, -0.2) is 19.3 Å². The van der Waals surface area contributed by atoms with Crippen LogP contribution in [0.1, 0.15) is 17.4 Å². The lowest BCUT2D eigenvalue weighted by Gasteiger charge is -2.02. The monoisotopic (exact) mass is 255 g/mol. The molecule has 1 aromatic heterocycles. The van der Waals surface area contributed by atoms with E-state index in [1.807, 2.05) is 0 Å². The number of hydrogen-bond donors (Lipinski definition) is 3. The number of sulfonamides is 1. The van der Waals surface area contributed by atoms with E-state index in [0.717, 1.165) is 6.20 Å². The quantitative estimate of drug-likeness (QED) is 0.681. The van der Waals surface area contributed by atoms with Gasteiger partial charge in [-0.3, -0.25) is 4.79 Å². The van der Waals surface area contributed by atoms with Crippen LogP contribution in [-0.2, 0) is 10.0 Å². The van der Waals surface area contributed by atoms with Gasteiger partial charge in [-0.2, -0.15) is 0 Å². The van der Waals surface area contributed by atoms with Gasteiger partial charge in [0.25, 0.3) is 5.91 Å². The van der Waals surface area contributed by atoms with Crippen LogP contribution in [0.3, 0.4) is 0 Å². The number of H-pyrrole nitrogens is 1. The predicted octanol–water partition coefficient (Wildman–Crippen LogP) is 0.482. The van der Waals surface area contributed by atoms with Crippen molar-refractivity contribution in [2.75, 3.05) is 0 Å². The Morgan fingerprint density at radius 2 is 2.24 bits per heavy atom. The molecule has 7 heteroatoms. The molecule has 1 amide bonds. The number of nitrogens with one attached hydrogen (secondary N) is 2. The fraction of sp³-hybridized carbons (Fsp3) is 0.100. The Hall–Kier alpha value is -1.86. The fourth-order valence-corrected chi connectivity index (χ4v) is 1.61. The normalized spacial score (nSPS) is 12.2. The van der Waals surface area contributed by atoms with Gasteiger partial charge in [0.15, 0.2) is 0 Å². The van der Waals surface area contributed by atoms with Gasteiger partial charge in [-0.1, -0.05) is 12.7 Å². The summed E-state index contributed by atoms with van der Waals surface area (Å²) in [5.74, 6) is -0.465. The van der Waals surface area contributed by atoms with Crippen molar-refractivity contribution in [3.63, 3.8) is 0 Å². The molecule has 0 fully saturated rings. The van der Waals surface area contributed by atoms with E-state index in [0.29, 0.717) is 5.70 Å². The molecule has 6 nitrogen and oxygen atoms in total. The van der Waals surface area contributed by atoms with Crippen molar-refractivity contribution in [3.05, 3.63) is 42.4 Å². The Morgan fingerprint density at radius 1 is 1.59 bits per heavy atom. The van der Waals surface area contributed by atoms with Gasteiger partial charge in [-0.25, -0.2) is 13.6 Å². The summed E-state index contributed by atoms with van der Waals surface area (Å²) < 4.78 is 22.0. The first-order chi connectivity index (χ1) is 7.88. The number of carbonyl (C=O) groups is 1. The third-order valence-corrected chi connectivity index (χ3v) is 2.91. The maximum Gasteiger partial charge on any atom is 0.272 e. The van der Waals surface area contributed by atoms with Crippen LogP contribution in [0, 0.1) is 0 Å². The van der Waals surface area contributed by atoms with Crippen molar-refractivity contribution in [2.24, 2.45) is 5.14 Å². The minimum absolute atomic E-state index is 0.107. The first-order valence-electron chi connectivity index (χ1n) is 4.69. The lowest BCUT2D eigenvalue weighted by Crippen LogP contribution is -2.22. The van der Waals surface area contributed by atoms with Crippen molar-refractivity contribution in [2.45, 2.75) is 11.8 Å². The maximum absolute atomic E-state index is 11.6. The Bertz CT molecular complexity index is 569. The van der Waals surface area contributed by atoms with E-state index in [1.165, 1.54) is 12.1 Å². The number of allylic oxidation sites excluding steroid dienone is 2. The van der Waals surface area contributed by atoms with Crippen LogP contribution in [0.5, 0.6) is 0 Å². The van der Waals surface area contributed by atoms with Crippen molar-refractivity contribution >= 4 is 15.9 Å².